The molecule has 1 aliphatic carbocycles. The summed E-state index contributed by atoms with van der Waals surface area (Å²) in [5.74, 6) is 0.703. The summed E-state index contributed by atoms with van der Waals surface area (Å²) in [5.41, 5.74) is 0. The van der Waals surface area contributed by atoms with Gasteiger partial charge in [0.25, 0.3) is 0 Å². The monoisotopic (exact) mass is 305 g/mol. The highest BCUT2D eigenvalue weighted by Gasteiger charge is 2.41. The molecule has 3 nitrogen and oxygen atoms in total. The molecule has 19 heavy (non-hydrogen) atoms. The predicted molar refractivity (Wildman–Crippen MR) is 86.1 cm³/mol. The molecule has 0 radical (unpaired) electrons. The molecule has 0 spiro atoms. The molecule has 0 saturated heterocycles. The largest absolute Gasteiger partial charge is 0.598 e. The molecule has 0 aromatic rings. The van der Waals surface area contributed by atoms with Crippen LogP contribution in [0.25, 0.3) is 0 Å². The van der Waals surface area contributed by atoms with Crippen molar-refractivity contribution >= 4 is 19.7 Å². The van der Waals surface area contributed by atoms with Crippen molar-refractivity contribution < 1.29 is 8.98 Å². The van der Waals surface area contributed by atoms with Gasteiger partial charge in [-0.05, 0) is 72.5 Å². The highest BCUT2D eigenvalue weighted by atomic mass is 32.2. The van der Waals surface area contributed by atoms with E-state index >= 15 is 0 Å². The van der Waals surface area contributed by atoms with E-state index in [1.54, 1.807) is 0 Å². The van der Waals surface area contributed by atoms with Crippen molar-refractivity contribution in [1.82, 2.24) is 4.72 Å². The third-order valence-electron chi connectivity index (χ3n) is 3.27. The fourth-order valence-electron chi connectivity index (χ4n) is 2.33. The van der Waals surface area contributed by atoms with Crippen molar-refractivity contribution in [2.45, 2.75) is 83.5 Å². The molecule has 1 saturated carbocycles. The van der Waals surface area contributed by atoms with Crippen LogP contribution in [0.15, 0.2) is 0 Å². The topological polar surface area (TPSA) is 44.3 Å². The maximum atomic E-state index is 12.3. The first-order valence-electron chi connectivity index (χ1n) is 7.37. The molecule has 2 atom stereocenters. The second-order valence-corrected chi connectivity index (χ2v) is 13.7. The Balaban J connectivity index is 2.58. The van der Waals surface area contributed by atoms with Gasteiger partial charge in [0.15, 0.2) is 8.32 Å². The average molecular weight is 306 g/mol. The Morgan fingerprint density at radius 3 is 2.21 bits per heavy atom. The van der Waals surface area contributed by atoms with E-state index in [9.17, 15) is 4.55 Å². The van der Waals surface area contributed by atoms with E-state index in [1.807, 2.05) is 20.8 Å². The fourth-order valence-corrected chi connectivity index (χ4v) is 6.25. The van der Waals surface area contributed by atoms with Crippen LogP contribution in [0.3, 0.4) is 0 Å². The molecule has 0 aromatic heterocycles. The van der Waals surface area contributed by atoms with E-state index in [0.717, 1.165) is 6.04 Å². The van der Waals surface area contributed by atoms with Crippen molar-refractivity contribution in [3.8, 4) is 0 Å². The molecule has 0 aromatic carbocycles. The summed E-state index contributed by atoms with van der Waals surface area (Å²) < 4.78 is 21.6. The van der Waals surface area contributed by atoms with E-state index in [1.165, 1.54) is 12.8 Å². The molecule has 5 heteroatoms. The van der Waals surface area contributed by atoms with Gasteiger partial charge >= 0.3 is 0 Å². The lowest BCUT2D eigenvalue weighted by molar-refractivity contribution is 0.228. The Kier molecular flexibility index (Phi) is 5.96. The van der Waals surface area contributed by atoms with Crippen LogP contribution in [0.2, 0.25) is 19.1 Å². The Hall–Kier alpha value is 0.447. The molecule has 1 rings (SSSR count). The van der Waals surface area contributed by atoms with Crippen LogP contribution in [0.1, 0.15) is 47.5 Å². The highest BCUT2D eigenvalue weighted by Crippen LogP contribution is 2.37. The normalized spacial score (nSPS) is 20.7. The van der Waals surface area contributed by atoms with Crippen molar-refractivity contribution in [2.75, 3.05) is 0 Å². The molecular formula is C14H31NO2SSi. The summed E-state index contributed by atoms with van der Waals surface area (Å²) in [6, 6.07) is 1.41. The third kappa shape index (κ3) is 6.62. The van der Waals surface area contributed by atoms with Crippen LogP contribution in [0, 0.1) is 5.92 Å². The summed E-state index contributed by atoms with van der Waals surface area (Å²) in [4.78, 5) is 0. The maximum absolute atomic E-state index is 12.3. The van der Waals surface area contributed by atoms with Crippen LogP contribution in [-0.4, -0.2) is 29.8 Å². The van der Waals surface area contributed by atoms with Crippen molar-refractivity contribution in [1.29, 1.82) is 0 Å². The molecule has 0 amide bonds. The second-order valence-electron chi connectivity index (χ2n) is 7.57. The van der Waals surface area contributed by atoms with Crippen molar-refractivity contribution in [3.05, 3.63) is 0 Å². The zero-order valence-corrected chi connectivity index (χ0v) is 15.4. The summed E-state index contributed by atoms with van der Waals surface area (Å²) in [6.07, 6.45) is 2.82. The Morgan fingerprint density at radius 2 is 1.84 bits per heavy atom. The van der Waals surface area contributed by atoms with Gasteiger partial charge in [-0.2, -0.15) is 0 Å². The first-order chi connectivity index (χ1) is 8.51. The lowest BCUT2D eigenvalue weighted by Crippen LogP contribution is -2.49. The number of rotatable bonds is 7. The lowest BCUT2D eigenvalue weighted by atomic mass is 10.2. The summed E-state index contributed by atoms with van der Waals surface area (Å²) in [6.45, 7) is 14.8. The highest BCUT2D eigenvalue weighted by molar-refractivity contribution is 7.90. The van der Waals surface area contributed by atoms with Crippen LogP contribution >= 0.6 is 0 Å². The van der Waals surface area contributed by atoms with E-state index in [-0.39, 0.29) is 10.9 Å². The summed E-state index contributed by atoms with van der Waals surface area (Å²) >= 11 is -0.979. The predicted octanol–water partition coefficient (Wildman–Crippen LogP) is 3.45. The Bertz CT molecular complexity index is 288. The van der Waals surface area contributed by atoms with Gasteiger partial charge in [0.1, 0.15) is 4.75 Å². The standard InChI is InChI=1S/C14H31NO2SSi/c1-11(2)17-19(6,7)10-13(12-8-9-12)15-18(16)14(3,4)5/h11-13,15H,8-10H2,1-7H3/t13-,18-/m1/s1. The van der Waals surface area contributed by atoms with Gasteiger partial charge in [-0.1, -0.05) is 0 Å². The van der Waals surface area contributed by atoms with Gasteiger partial charge in [0.05, 0.1) is 6.04 Å². The second kappa shape index (κ2) is 6.48. The van der Waals surface area contributed by atoms with E-state index in [4.69, 9.17) is 4.43 Å². The van der Waals surface area contributed by atoms with Gasteiger partial charge in [-0.15, -0.1) is 4.72 Å². The molecular weight excluding hydrogens is 274 g/mol. The van der Waals surface area contributed by atoms with Crippen LogP contribution in [0.5, 0.6) is 0 Å². The van der Waals surface area contributed by atoms with E-state index in [0.29, 0.717) is 12.0 Å². The lowest BCUT2D eigenvalue weighted by Gasteiger charge is -2.33. The van der Waals surface area contributed by atoms with Gasteiger partial charge in [0, 0.05) is 17.5 Å². The number of nitrogens with one attached hydrogen (secondary N) is 1. The molecule has 1 fully saturated rings. The molecule has 1 N–H and O–H groups in total. The number of hydrogen-bond donors (Lipinski definition) is 1. The minimum Gasteiger partial charge on any atom is -0.598 e. The molecule has 0 heterocycles. The van der Waals surface area contributed by atoms with Gasteiger partial charge < -0.3 is 8.98 Å². The zero-order valence-electron chi connectivity index (χ0n) is 13.6. The van der Waals surface area contributed by atoms with Gasteiger partial charge in [-0.3, -0.25) is 0 Å². The van der Waals surface area contributed by atoms with Crippen LogP contribution in [-0.2, 0) is 15.8 Å². The van der Waals surface area contributed by atoms with Gasteiger partial charge in [0.2, 0.25) is 0 Å². The van der Waals surface area contributed by atoms with E-state index in [2.05, 4.69) is 31.7 Å². The first kappa shape index (κ1) is 17.5. The molecule has 0 bridgehead atoms. The summed E-state index contributed by atoms with van der Waals surface area (Å²) in [5, 5.41) is 0. The zero-order chi connectivity index (χ0) is 14.8. The molecule has 0 unspecified atom stereocenters. The summed E-state index contributed by atoms with van der Waals surface area (Å²) in [7, 11) is -1.68. The molecule has 0 aliphatic heterocycles. The minimum absolute atomic E-state index is 0.197. The van der Waals surface area contributed by atoms with Crippen LogP contribution < -0.4 is 4.72 Å². The minimum atomic E-state index is -1.68. The third-order valence-corrected chi connectivity index (χ3v) is 7.43. The maximum Gasteiger partial charge on any atom is 0.188 e. The van der Waals surface area contributed by atoms with Crippen LogP contribution in [0.4, 0.5) is 0 Å². The Morgan fingerprint density at radius 1 is 1.32 bits per heavy atom. The van der Waals surface area contributed by atoms with Crippen molar-refractivity contribution in [2.24, 2.45) is 5.92 Å². The Labute approximate surface area is 123 Å². The van der Waals surface area contributed by atoms with Crippen molar-refractivity contribution in [3.63, 3.8) is 0 Å². The fraction of sp³-hybridized carbons (Fsp3) is 1.00. The average Bonchev–Trinajstić information content (AvgIpc) is 2.94. The first-order valence-corrected chi connectivity index (χ1v) is 11.6. The van der Waals surface area contributed by atoms with Gasteiger partial charge in [-0.25, -0.2) is 0 Å². The smallest absolute Gasteiger partial charge is 0.188 e. The quantitative estimate of drug-likeness (QED) is 0.579. The SMILES string of the molecule is CC(C)O[Si](C)(C)C[C@@H](N[S@+]([O-])C(C)(C)C)C1CC1. The number of hydrogen-bond acceptors (Lipinski definition) is 3. The van der Waals surface area contributed by atoms with E-state index < -0.39 is 19.7 Å². The molecule has 1 aliphatic rings. The molecule has 114 valence electrons.